The molecule has 0 aliphatic heterocycles. The van der Waals surface area contributed by atoms with Crippen molar-refractivity contribution < 1.29 is 14.3 Å². The van der Waals surface area contributed by atoms with Gasteiger partial charge in [0.05, 0.1) is 7.11 Å². The first-order valence-corrected chi connectivity index (χ1v) is 2.66. The Hall–Kier alpha value is -0.570. The molecule has 0 saturated heterocycles. The van der Waals surface area contributed by atoms with E-state index in [2.05, 4.69) is 11.7 Å². The number of hydrogen-bond donors (Lipinski definition) is 0. The van der Waals surface area contributed by atoms with Gasteiger partial charge in [0, 0.05) is 7.11 Å². The Morgan fingerprint density at radius 2 is 2.22 bits per heavy atom. The van der Waals surface area contributed by atoms with E-state index < -0.39 is 6.10 Å². The van der Waals surface area contributed by atoms with Crippen molar-refractivity contribution in [2.75, 3.05) is 14.2 Å². The van der Waals surface area contributed by atoms with Crippen LogP contribution in [0.4, 0.5) is 0 Å². The zero-order valence-electron chi connectivity index (χ0n) is 5.72. The zero-order chi connectivity index (χ0) is 7.28. The molecule has 0 spiro atoms. The second kappa shape index (κ2) is 4.32. The molecule has 1 unspecified atom stereocenters. The first kappa shape index (κ1) is 8.43. The fraction of sp³-hybridized carbons (Fsp3) is 0.667. The summed E-state index contributed by atoms with van der Waals surface area (Å²) in [6.07, 6.45) is -0.0987. The third-order valence-corrected chi connectivity index (χ3v) is 1.01. The summed E-state index contributed by atoms with van der Waals surface area (Å²) < 4.78 is 9.11. The van der Waals surface area contributed by atoms with Crippen molar-refractivity contribution in [1.82, 2.24) is 0 Å². The summed E-state index contributed by atoms with van der Waals surface area (Å²) in [7, 11) is 2.77. The first-order chi connectivity index (χ1) is 4.26. The largest absolute Gasteiger partial charge is 0.467 e. The molecule has 0 N–H and O–H groups in total. The minimum atomic E-state index is -0.505. The number of rotatable bonds is 3. The van der Waals surface area contributed by atoms with E-state index in [1.807, 2.05) is 0 Å². The van der Waals surface area contributed by atoms with E-state index in [0.717, 1.165) is 0 Å². The van der Waals surface area contributed by atoms with Crippen LogP contribution in [-0.2, 0) is 14.3 Å². The lowest BCUT2D eigenvalue weighted by atomic mass is 10.3. The number of carbonyl (C=O) groups is 1. The van der Waals surface area contributed by atoms with E-state index in [1.165, 1.54) is 14.2 Å². The van der Waals surface area contributed by atoms with E-state index in [9.17, 15) is 4.79 Å². The van der Waals surface area contributed by atoms with Crippen LogP contribution in [-0.4, -0.2) is 26.3 Å². The van der Waals surface area contributed by atoms with Crippen molar-refractivity contribution in [3.05, 3.63) is 6.92 Å². The molecule has 0 aliphatic rings. The number of esters is 1. The SMILES string of the molecule is [CH2]CC(OC)C(=O)OC. The third kappa shape index (κ3) is 2.46. The van der Waals surface area contributed by atoms with Gasteiger partial charge in [0.1, 0.15) is 0 Å². The minimum Gasteiger partial charge on any atom is -0.467 e. The third-order valence-electron chi connectivity index (χ3n) is 1.01. The molecule has 3 heteroatoms. The molecule has 0 amide bonds. The highest BCUT2D eigenvalue weighted by atomic mass is 16.6. The lowest BCUT2D eigenvalue weighted by molar-refractivity contribution is -0.152. The van der Waals surface area contributed by atoms with E-state index in [0.29, 0.717) is 6.42 Å². The van der Waals surface area contributed by atoms with Gasteiger partial charge in [-0.15, -0.1) is 0 Å². The van der Waals surface area contributed by atoms with Crippen LogP contribution in [0, 0.1) is 6.92 Å². The molecule has 1 atom stereocenters. The Labute approximate surface area is 55.0 Å². The van der Waals surface area contributed by atoms with Crippen molar-refractivity contribution >= 4 is 5.97 Å². The molecule has 0 rings (SSSR count). The van der Waals surface area contributed by atoms with E-state index in [-0.39, 0.29) is 5.97 Å². The van der Waals surface area contributed by atoms with Gasteiger partial charge in [-0.1, -0.05) is 6.92 Å². The summed E-state index contributed by atoms with van der Waals surface area (Å²) in [6, 6.07) is 0. The van der Waals surface area contributed by atoms with Crippen molar-refractivity contribution in [2.45, 2.75) is 12.5 Å². The van der Waals surface area contributed by atoms with Crippen LogP contribution in [0.25, 0.3) is 0 Å². The van der Waals surface area contributed by atoms with E-state index >= 15 is 0 Å². The monoisotopic (exact) mass is 131 g/mol. The lowest BCUT2D eigenvalue weighted by Crippen LogP contribution is -2.23. The van der Waals surface area contributed by atoms with Gasteiger partial charge in [-0.25, -0.2) is 4.79 Å². The molecule has 0 bridgehead atoms. The summed E-state index contributed by atoms with van der Waals surface area (Å²) >= 11 is 0. The molecular weight excluding hydrogens is 120 g/mol. The maximum atomic E-state index is 10.6. The Morgan fingerprint density at radius 1 is 1.67 bits per heavy atom. The van der Waals surface area contributed by atoms with Gasteiger partial charge in [-0.3, -0.25) is 0 Å². The van der Waals surface area contributed by atoms with Gasteiger partial charge >= 0.3 is 5.97 Å². The molecule has 0 saturated carbocycles. The molecule has 0 fully saturated rings. The van der Waals surface area contributed by atoms with Gasteiger partial charge in [-0.05, 0) is 6.42 Å². The number of methoxy groups -OCH3 is 2. The van der Waals surface area contributed by atoms with Crippen LogP contribution >= 0.6 is 0 Å². The molecule has 0 heterocycles. The summed E-state index contributed by atoms with van der Waals surface area (Å²) in [4.78, 5) is 10.6. The molecule has 0 aliphatic carbocycles. The normalized spacial score (nSPS) is 12.8. The predicted molar refractivity (Wildman–Crippen MR) is 32.8 cm³/mol. The van der Waals surface area contributed by atoms with Crippen molar-refractivity contribution in [1.29, 1.82) is 0 Å². The smallest absolute Gasteiger partial charge is 0.334 e. The molecular formula is C6H11O3. The maximum absolute atomic E-state index is 10.6. The van der Waals surface area contributed by atoms with E-state index in [4.69, 9.17) is 4.74 Å². The number of hydrogen-bond acceptors (Lipinski definition) is 3. The minimum absolute atomic E-state index is 0.368. The Kier molecular flexibility index (Phi) is 4.05. The molecule has 9 heavy (non-hydrogen) atoms. The lowest BCUT2D eigenvalue weighted by Gasteiger charge is -2.08. The van der Waals surface area contributed by atoms with Crippen LogP contribution in [0.5, 0.6) is 0 Å². The molecule has 0 aromatic rings. The predicted octanol–water partition coefficient (Wildman–Crippen LogP) is 0.399. The van der Waals surface area contributed by atoms with Gasteiger partial charge < -0.3 is 9.47 Å². The summed E-state index contributed by atoms with van der Waals surface area (Å²) in [5.41, 5.74) is 0. The second-order valence-corrected chi connectivity index (χ2v) is 1.54. The average molecular weight is 131 g/mol. The van der Waals surface area contributed by atoms with Crippen molar-refractivity contribution in [2.24, 2.45) is 0 Å². The van der Waals surface area contributed by atoms with Crippen molar-refractivity contribution in [3.8, 4) is 0 Å². The topological polar surface area (TPSA) is 35.5 Å². The highest BCUT2D eigenvalue weighted by Gasteiger charge is 2.14. The zero-order valence-corrected chi connectivity index (χ0v) is 5.72. The van der Waals surface area contributed by atoms with Crippen LogP contribution in [0.3, 0.4) is 0 Å². The van der Waals surface area contributed by atoms with Crippen LogP contribution < -0.4 is 0 Å². The van der Waals surface area contributed by atoms with Gasteiger partial charge in [-0.2, -0.15) is 0 Å². The molecule has 0 aromatic heterocycles. The number of ether oxygens (including phenoxy) is 2. The maximum Gasteiger partial charge on any atom is 0.334 e. The highest BCUT2D eigenvalue weighted by molar-refractivity contribution is 5.74. The summed E-state index contributed by atoms with van der Waals surface area (Å²) in [6.45, 7) is 3.50. The van der Waals surface area contributed by atoms with Crippen molar-refractivity contribution in [3.63, 3.8) is 0 Å². The Bertz CT molecular complexity index is 86.3. The number of carbonyl (C=O) groups excluding carboxylic acids is 1. The van der Waals surface area contributed by atoms with Crippen LogP contribution in [0.2, 0.25) is 0 Å². The fourth-order valence-corrected chi connectivity index (χ4v) is 0.463. The molecule has 3 nitrogen and oxygen atoms in total. The quantitative estimate of drug-likeness (QED) is 0.520. The van der Waals surface area contributed by atoms with Crippen LogP contribution in [0.15, 0.2) is 0 Å². The van der Waals surface area contributed by atoms with Gasteiger partial charge in [0.25, 0.3) is 0 Å². The first-order valence-electron chi connectivity index (χ1n) is 2.66. The summed E-state index contributed by atoms with van der Waals surface area (Å²) in [5.74, 6) is -0.368. The van der Waals surface area contributed by atoms with Crippen LogP contribution in [0.1, 0.15) is 6.42 Å². The Balaban J connectivity index is 3.64. The second-order valence-electron chi connectivity index (χ2n) is 1.54. The molecule has 0 aromatic carbocycles. The van der Waals surface area contributed by atoms with Gasteiger partial charge in [0.15, 0.2) is 6.10 Å². The summed E-state index contributed by atoms with van der Waals surface area (Å²) in [5, 5.41) is 0. The average Bonchev–Trinajstić information content (AvgIpc) is 1.90. The fourth-order valence-electron chi connectivity index (χ4n) is 0.463. The Morgan fingerprint density at radius 3 is 2.33 bits per heavy atom. The molecule has 1 radical (unpaired) electrons. The van der Waals surface area contributed by atoms with E-state index in [1.54, 1.807) is 0 Å². The standard InChI is InChI=1S/C6H11O3/c1-4-5(8-2)6(7)9-3/h5H,1,4H2,2-3H3. The molecule has 53 valence electrons. The highest BCUT2D eigenvalue weighted by Crippen LogP contribution is 1.96. The van der Waals surface area contributed by atoms with Gasteiger partial charge in [0.2, 0.25) is 0 Å².